The van der Waals surface area contributed by atoms with E-state index >= 15 is 0 Å². The zero-order valence-corrected chi connectivity index (χ0v) is 10.6. The Bertz CT molecular complexity index is 348. The number of amides is 1. The highest BCUT2D eigenvalue weighted by Gasteiger charge is 2.05. The van der Waals surface area contributed by atoms with Gasteiger partial charge in [-0.15, -0.1) is 0 Å². The fourth-order valence-corrected chi connectivity index (χ4v) is 1.51. The van der Waals surface area contributed by atoms with E-state index in [1.165, 1.54) is 0 Å². The molecule has 1 heterocycles. The summed E-state index contributed by atoms with van der Waals surface area (Å²) < 4.78 is 1.76. The molecule has 0 aliphatic rings. The lowest BCUT2D eigenvalue weighted by atomic mass is 10.1. The molecule has 0 radical (unpaired) electrons. The van der Waals surface area contributed by atoms with Crippen LogP contribution in [0.2, 0.25) is 0 Å². The Morgan fingerprint density at radius 2 is 2.41 bits per heavy atom. The number of rotatable bonds is 7. The van der Waals surface area contributed by atoms with Gasteiger partial charge in [-0.25, -0.2) is 0 Å². The molecule has 0 spiro atoms. The normalized spacial score (nSPS) is 12.4. The van der Waals surface area contributed by atoms with Crippen molar-refractivity contribution >= 4 is 5.91 Å². The first kappa shape index (κ1) is 13.7. The van der Waals surface area contributed by atoms with Crippen LogP contribution in [0.4, 0.5) is 0 Å². The van der Waals surface area contributed by atoms with Crippen molar-refractivity contribution in [3.63, 3.8) is 0 Å². The van der Waals surface area contributed by atoms with Gasteiger partial charge in [0.2, 0.25) is 5.91 Å². The quantitative estimate of drug-likeness (QED) is 0.724. The lowest BCUT2D eigenvalue weighted by molar-refractivity contribution is -0.121. The van der Waals surface area contributed by atoms with Gasteiger partial charge in [-0.05, 0) is 24.9 Å². The van der Waals surface area contributed by atoms with E-state index in [0.717, 1.165) is 18.5 Å². The number of hydrogen-bond donors (Lipinski definition) is 2. The van der Waals surface area contributed by atoms with Gasteiger partial charge in [-0.3, -0.25) is 9.48 Å². The summed E-state index contributed by atoms with van der Waals surface area (Å²) in [5.41, 5.74) is 6.50. The first-order valence-corrected chi connectivity index (χ1v) is 6.07. The molecule has 0 aromatic carbocycles. The molecule has 1 aromatic heterocycles. The van der Waals surface area contributed by atoms with E-state index in [2.05, 4.69) is 17.3 Å². The molecule has 1 atom stereocenters. The predicted molar refractivity (Wildman–Crippen MR) is 67.4 cm³/mol. The molecule has 0 aliphatic heterocycles. The maximum Gasteiger partial charge on any atom is 0.220 e. The van der Waals surface area contributed by atoms with Crippen molar-refractivity contribution in [2.24, 2.45) is 18.7 Å². The predicted octanol–water partition coefficient (Wildman–Crippen LogP) is 0.454. The van der Waals surface area contributed by atoms with Gasteiger partial charge in [0, 0.05) is 32.6 Å². The standard InChI is InChI=1S/C12H22N4O/c1-10(9-13)3-4-12(17)14-7-5-11-6-8-16(2)15-11/h6,8,10H,3-5,7,9,13H2,1-2H3,(H,14,17). The lowest BCUT2D eigenvalue weighted by Gasteiger charge is -2.08. The van der Waals surface area contributed by atoms with Crippen LogP contribution in [-0.4, -0.2) is 28.8 Å². The van der Waals surface area contributed by atoms with Gasteiger partial charge in [0.15, 0.2) is 0 Å². The molecule has 0 saturated carbocycles. The maximum absolute atomic E-state index is 11.5. The average molecular weight is 238 g/mol. The number of aromatic nitrogens is 2. The van der Waals surface area contributed by atoms with Gasteiger partial charge in [-0.1, -0.05) is 6.92 Å². The van der Waals surface area contributed by atoms with Crippen LogP contribution >= 0.6 is 0 Å². The zero-order valence-electron chi connectivity index (χ0n) is 10.6. The van der Waals surface area contributed by atoms with Crippen molar-refractivity contribution in [2.45, 2.75) is 26.2 Å². The largest absolute Gasteiger partial charge is 0.356 e. The fraction of sp³-hybridized carbons (Fsp3) is 0.667. The van der Waals surface area contributed by atoms with Crippen molar-refractivity contribution in [1.29, 1.82) is 0 Å². The highest BCUT2D eigenvalue weighted by atomic mass is 16.1. The number of nitrogens with zero attached hydrogens (tertiary/aromatic N) is 2. The molecule has 96 valence electrons. The highest BCUT2D eigenvalue weighted by molar-refractivity contribution is 5.75. The van der Waals surface area contributed by atoms with Crippen molar-refractivity contribution in [1.82, 2.24) is 15.1 Å². The Hall–Kier alpha value is -1.36. The molecular weight excluding hydrogens is 216 g/mol. The molecule has 17 heavy (non-hydrogen) atoms. The minimum atomic E-state index is 0.0984. The first-order chi connectivity index (χ1) is 8.11. The smallest absolute Gasteiger partial charge is 0.220 e. The van der Waals surface area contributed by atoms with Gasteiger partial charge in [0.05, 0.1) is 5.69 Å². The van der Waals surface area contributed by atoms with Crippen molar-refractivity contribution < 1.29 is 4.79 Å². The third-order valence-corrected chi connectivity index (χ3v) is 2.74. The molecular formula is C12H22N4O. The number of aryl methyl sites for hydroxylation is 1. The number of hydrogen-bond acceptors (Lipinski definition) is 3. The molecule has 5 nitrogen and oxygen atoms in total. The first-order valence-electron chi connectivity index (χ1n) is 6.07. The Kier molecular flexibility index (Phi) is 5.69. The van der Waals surface area contributed by atoms with Crippen LogP contribution in [0.5, 0.6) is 0 Å². The van der Waals surface area contributed by atoms with E-state index in [9.17, 15) is 4.79 Å². The van der Waals surface area contributed by atoms with Crippen LogP contribution in [0, 0.1) is 5.92 Å². The minimum absolute atomic E-state index is 0.0984. The maximum atomic E-state index is 11.5. The summed E-state index contributed by atoms with van der Waals surface area (Å²) in [7, 11) is 1.89. The summed E-state index contributed by atoms with van der Waals surface area (Å²) >= 11 is 0. The Balaban J connectivity index is 2.12. The number of nitrogens with one attached hydrogen (secondary N) is 1. The molecule has 1 unspecified atom stereocenters. The van der Waals surface area contributed by atoms with E-state index in [0.29, 0.717) is 25.4 Å². The third kappa shape index (κ3) is 5.49. The van der Waals surface area contributed by atoms with Gasteiger partial charge < -0.3 is 11.1 Å². The van der Waals surface area contributed by atoms with Crippen LogP contribution in [0.3, 0.4) is 0 Å². The number of carbonyl (C=O) groups is 1. The molecule has 0 fully saturated rings. The monoisotopic (exact) mass is 238 g/mol. The van der Waals surface area contributed by atoms with E-state index in [-0.39, 0.29) is 5.91 Å². The molecule has 1 rings (SSSR count). The molecule has 1 aromatic rings. The van der Waals surface area contributed by atoms with Crippen LogP contribution in [0.15, 0.2) is 12.3 Å². The molecule has 3 N–H and O–H groups in total. The number of nitrogens with two attached hydrogens (primary N) is 1. The molecule has 0 bridgehead atoms. The second kappa shape index (κ2) is 7.06. The van der Waals surface area contributed by atoms with Crippen molar-refractivity contribution in [2.75, 3.05) is 13.1 Å². The summed E-state index contributed by atoms with van der Waals surface area (Å²) in [4.78, 5) is 11.5. The summed E-state index contributed by atoms with van der Waals surface area (Å²) in [5.74, 6) is 0.512. The Labute approximate surface area is 102 Å². The van der Waals surface area contributed by atoms with Crippen molar-refractivity contribution in [3.8, 4) is 0 Å². The average Bonchev–Trinajstić information content (AvgIpc) is 2.72. The lowest BCUT2D eigenvalue weighted by Crippen LogP contribution is -2.26. The second-order valence-electron chi connectivity index (χ2n) is 4.46. The molecule has 1 amide bonds. The van der Waals surface area contributed by atoms with E-state index in [4.69, 9.17) is 5.73 Å². The SMILES string of the molecule is CC(CN)CCC(=O)NCCc1ccn(C)n1. The third-order valence-electron chi connectivity index (χ3n) is 2.74. The molecule has 0 saturated heterocycles. The molecule has 5 heteroatoms. The van der Waals surface area contributed by atoms with Crippen LogP contribution in [-0.2, 0) is 18.3 Å². The zero-order chi connectivity index (χ0) is 12.7. The number of carbonyl (C=O) groups excluding carboxylic acids is 1. The summed E-state index contributed by atoms with van der Waals surface area (Å²) in [6.45, 7) is 3.34. The highest BCUT2D eigenvalue weighted by Crippen LogP contribution is 2.02. The van der Waals surface area contributed by atoms with Crippen LogP contribution in [0.25, 0.3) is 0 Å². The van der Waals surface area contributed by atoms with Crippen LogP contribution in [0.1, 0.15) is 25.5 Å². The van der Waals surface area contributed by atoms with Gasteiger partial charge in [0.25, 0.3) is 0 Å². The van der Waals surface area contributed by atoms with E-state index < -0.39 is 0 Å². The van der Waals surface area contributed by atoms with Crippen LogP contribution < -0.4 is 11.1 Å². The molecule has 0 aliphatic carbocycles. The summed E-state index contributed by atoms with van der Waals surface area (Å²) in [5, 5.41) is 7.13. The van der Waals surface area contributed by atoms with Gasteiger partial charge >= 0.3 is 0 Å². The summed E-state index contributed by atoms with van der Waals surface area (Å²) in [6.07, 6.45) is 4.09. The van der Waals surface area contributed by atoms with Gasteiger partial charge in [-0.2, -0.15) is 5.10 Å². The van der Waals surface area contributed by atoms with E-state index in [1.807, 2.05) is 19.3 Å². The van der Waals surface area contributed by atoms with E-state index in [1.54, 1.807) is 4.68 Å². The fourth-order valence-electron chi connectivity index (χ4n) is 1.51. The second-order valence-corrected chi connectivity index (χ2v) is 4.46. The minimum Gasteiger partial charge on any atom is -0.356 e. The van der Waals surface area contributed by atoms with Gasteiger partial charge in [0.1, 0.15) is 0 Å². The summed E-state index contributed by atoms with van der Waals surface area (Å²) in [6, 6.07) is 1.96. The van der Waals surface area contributed by atoms with Crippen molar-refractivity contribution in [3.05, 3.63) is 18.0 Å². The topological polar surface area (TPSA) is 72.9 Å². The Morgan fingerprint density at radius 1 is 1.65 bits per heavy atom. The Morgan fingerprint density at radius 3 is 3.00 bits per heavy atom.